The molecule has 0 saturated carbocycles. The van der Waals surface area contributed by atoms with E-state index >= 15 is 0 Å². The Labute approximate surface area is 182 Å². The van der Waals surface area contributed by atoms with Crippen LogP contribution in [0.15, 0.2) is 36.4 Å². The molecular weight excluding hydrogens is 394 g/mol. The van der Waals surface area contributed by atoms with Gasteiger partial charge in [0.25, 0.3) is 0 Å². The first kappa shape index (κ1) is 20.3. The van der Waals surface area contributed by atoms with Gasteiger partial charge in [-0.1, -0.05) is 24.3 Å². The normalized spacial score (nSPS) is 32.5. The Balaban J connectivity index is 1.56. The van der Waals surface area contributed by atoms with Crippen molar-refractivity contribution in [1.82, 2.24) is 4.90 Å². The van der Waals surface area contributed by atoms with E-state index in [1.807, 2.05) is 12.1 Å². The van der Waals surface area contributed by atoms with Gasteiger partial charge in [-0.3, -0.25) is 4.79 Å². The molecular formula is C25H29NO5. The minimum atomic E-state index is -0.340. The second-order valence-electron chi connectivity index (χ2n) is 9.07. The second kappa shape index (κ2) is 7.52. The predicted molar refractivity (Wildman–Crippen MR) is 115 cm³/mol. The number of benzene rings is 1. The number of esters is 2. The van der Waals surface area contributed by atoms with Crippen molar-refractivity contribution in [2.24, 2.45) is 11.8 Å². The van der Waals surface area contributed by atoms with Gasteiger partial charge in [0.15, 0.2) is 11.5 Å². The van der Waals surface area contributed by atoms with Gasteiger partial charge in [-0.05, 0) is 51.4 Å². The number of ether oxygens (including phenoxy) is 3. The van der Waals surface area contributed by atoms with Gasteiger partial charge in [0.1, 0.15) is 6.10 Å². The van der Waals surface area contributed by atoms with E-state index in [9.17, 15) is 9.59 Å². The molecule has 2 unspecified atom stereocenters. The lowest BCUT2D eigenvalue weighted by molar-refractivity contribution is -0.137. The molecule has 2 heterocycles. The van der Waals surface area contributed by atoms with Crippen molar-refractivity contribution in [3.05, 3.63) is 47.6 Å². The largest absolute Gasteiger partial charge is 0.485 e. The third-order valence-electron chi connectivity index (χ3n) is 7.47. The summed E-state index contributed by atoms with van der Waals surface area (Å²) in [6, 6.07) is 4.43. The number of hydrogen-bond acceptors (Lipinski definition) is 6. The molecule has 1 aromatic carbocycles. The summed E-state index contributed by atoms with van der Waals surface area (Å²) in [6.45, 7) is 4.60. The molecule has 31 heavy (non-hydrogen) atoms. The molecule has 0 radical (unpaired) electrons. The van der Waals surface area contributed by atoms with E-state index in [2.05, 4.69) is 30.2 Å². The van der Waals surface area contributed by atoms with Crippen LogP contribution >= 0.6 is 0 Å². The van der Waals surface area contributed by atoms with Crippen LogP contribution in [0, 0.1) is 11.8 Å². The van der Waals surface area contributed by atoms with Crippen LogP contribution in [0.3, 0.4) is 0 Å². The van der Waals surface area contributed by atoms with Crippen LogP contribution in [-0.2, 0) is 26.2 Å². The highest BCUT2D eigenvalue weighted by Gasteiger charge is 2.64. The number of allylic oxidation sites excluding steroid dienone is 1. The summed E-state index contributed by atoms with van der Waals surface area (Å²) < 4.78 is 17.2. The molecule has 1 saturated heterocycles. The Hall–Kier alpha value is -2.60. The van der Waals surface area contributed by atoms with E-state index in [0.717, 1.165) is 25.1 Å². The summed E-state index contributed by atoms with van der Waals surface area (Å²) in [4.78, 5) is 25.9. The van der Waals surface area contributed by atoms with Gasteiger partial charge >= 0.3 is 11.9 Å². The van der Waals surface area contributed by atoms with Crippen LogP contribution in [0.5, 0.6) is 11.5 Å². The summed E-state index contributed by atoms with van der Waals surface area (Å²) >= 11 is 0. The number of likely N-dealkylation sites (N-methyl/N-ethyl adjacent to an activating group) is 1. The van der Waals surface area contributed by atoms with Crippen molar-refractivity contribution in [2.75, 3.05) is 20.2 Å². The Kier molecular flexibility index (Phi) is 4.93. The fourth-order valence-electron chi connectivity index (χ4n) is 6.30. The van der Waals surface area contributed by atoms with E-state index in [-0.39, 0.29) is 29.4 Å². The Morgan fingerprint density at radius 1 is 1.32 bits per heavy atom. The van der Waals surface area contributed by atoms with E-state index in [1.54, 1.807) is 6.92 Å². The third-order valence-corrected chi connectivity index (χ3v) is 7.47. The number of carbonyl (C=O) groups is 2. The van der Waals surface area contributed by atoms with Crippen LogP contribution in [0.2, 0.25) is 0 Å². The minimum Gasteiger partial charge on any atom is -0.485 e. The molecule has 0 amide bonds. The standard InChI is InChI=1S/C25H29NO5/c1-4-29-21(28)7-5-6-16-8-10-18-19-14-17-9-11-20(30-15(2)27)23-22(17)25(18,24(16)31-23)12-13-26(19)3/h5,7-11,16,18-19,24H,4,6,12-14H2,1-3H3/b7-5+/t16?,18-,19+,24?,25-/m0/s1. The quantitative estimate of drug-likeness (QED) is 0.314. The molecule has 0 N–H and O–H groups in total. The highest BCUT2D eigenvalue weighted by atomic mass is 16.6. The number of likely N-dealkylation sites (tertiary alicyclic amines) is 1. The molecule has 164 valence electrons. The van der Waals surface area contributed by atoms with Crippen LogP contribution in [0.25, 0.3) is 0 Å². The van der Waals surface area contributed by atoms with Gasteiger partial charge in [-0.2, -0.15) is 0 Å². The van der Waals surface area contributed by atoms with E-state index < -0.39 is 0 Å². The highest BCUT2D eigenvalue weighted by Crippen LogP contribution is 2.63. The van der Waals surface area contributed by atoms with Crippen LogP contribution in [0.4, 0.5) is 0 Å². The van der Waals surface area contributed by atoms with Crippen LogP contribution in [-0.4, -0.2) is 49.2 Å². The van der Waals surface area contributed by atoms with Crippen molar-refractivity contribution in [2.45, 2.75) is 50.7 Å². The van der Waals surface area contributed by atoms with Crippen molar-refractivity contribution >= 4 is 11.9 Å². The van der Waals surface area contributed by atoms with Gasteiger partial charge < -0.3 is 19.1 Å². The van der Waals surface area contributed by atoms with Crippen LogP contribution in [0.1, 0.15) is 37.8 Å². The van der Waals surface area contributed by atoms with E-state index in [1.165, 1.54) is 24.1 Å². The first-order valence-corrected chi connectivity index (χ1v) is 11.2. The fraction of sp³-hybridized carbons (Fsp3) is 0.520. The summed E-state index contributed by atoms with van der Waals surface area (Å²) in [6.07, 6.45) is 10.7. The van der Waals surface area contributed by atoms with Crippen molar-refractivity contribution in [3.63, 3.8) is 0 Å². The number of hydrogen-bond donors (Lipinski definition) is 0. The first-order chi connectivity index (χ1) is 15.0. The Bertz CT molecular complexity index is 982. The molecule has 5 rings (SSSR count). The average molecular weight is 424 g/mol. The van der Waals surface area contributed by atoms with Crippen molar-refractivity contribution in [1.29, 1.82) is 0 Å². The van der Waals surface area contributed by atoms with Crippen molar-refractivity contribution in [3.8, 4) is 11.5 Å². The van der Waals surface area contributed by atoms with Crippen molar-refractivity contribution < 1.29 is 23.8 Å². The molecule has 2 aliphatic heterocycles. The molecule has 6 nitrogen and oxygen atoms in total. The summed E-state index contributed by atoms with van der Waals surface area (Å²) in [5.74, 6) is 1.11. The lowest BCUT2D eigenvalue weighted by Gasteiger charge is -2.57. The number of carbonyl (C=O) groups excluding carboxylic acids is 2. The smallest absolute Gasteiger partial charge is 0.330 e. The van der Waals surface area contributed by atoms with E-state index in [4.69, 9.17) is 14.2 Å². The molecule has 0 aromatic heterocycles. The molecule has 5 atom stereocenters. The zero-order chi connectivity index (χ0) is 21.8. The fourth-order valence-corrected chi connectivity index (χ4v) is 6.30. The lowest BCUT2D eigenvalue weighted by atomic mass is 9.52. The summed E-state index contributed by atoms with van der Waals surface area (Å²) in [5, 5.41) is 0. The summed E-state index contributed by atoms with van der Waals surface area (Å²) in [7, 11) is 2.21. The maximum absolute atomic E-state index is 11.7. The average Bonchev–Trinajstić information content (AvgIpc) is 3.08. The van der Waals surface area contributed by atoms with Gasteiger partial charge in [0, 0.05) is 41.9 Å². The summed E-state index contributed by atoms with van der Waals surface area (Å²) in [5.41, 5.74) is 2.43. The van der Waals surface area contributed by atoms with Gasteiger partial charge in [0.05, 0.1) is 6.61 Å². The maximum Gasteiger partial charge on any atom is 0.330 e. The van der Waals surface area contributed by atoms with Gasteiger partial charge in [-0.15, -0.1) is 0 Å². The molecule has 4 aliphatic rings. The lowest BCUT2D eigenvalue weighted by Crippen LogP contribution is -2.63. The van der Waals surface area contributed by atoms with E-state index in [0.29, 0.717) is 30.7 Å². The monoisotopic (exact) mass is 423 g/mol. The minimum absolute atomic E-state index is 0.0451. The molecule has 1 aromatic rings. The Morgan fingerprint density at radius 3 is 2.94 bits per heavy atom. The Morgan fingerprint density at radius 2 is 2.16 bits per heavy atom. The third kappa shape index (κ3) is 3.03. The molecule has 2 bridgehead atoms. The molecule has 6 heteroatoms. The second-order valence-corrected chi connectivity index (χ2v) is 9.07. The van der Waals surface area contributed by atoms with Crippen LogP contribution < -0.4 is 9.47 Å². The number of rotatable bonds is 5. The first-order valence-electron chi connectivity index (χ1n) is 11.2. The predicted octanol–water partition coefficient (Wildman–Crippen LogP) is 3.18. The van der Waals surface area contributed by atoms with Gasteiger partial charge in [-0.25, -0.2) is 4.79 Å². The van der Waals surface area contributed by atoms with Gasteiger partial charge in [0.2, 0.25) is 0 Å². The number of piperidine rings is 1. The zero-order valence-corrected chi connectivity index (χ0v) is 18.3. The maximum atomic E-state index is 11.7. The molecule has 1 fully saturated rings. The highest BCUT2D eigenvalue weighted by molar-refractivity contribution is 5.81. The topological polar surface area (TPSA) is 65.1 Å². The molecule has 2 aliphatic carbocycles. The SMILES string of the molecule is CCOC(=O)/C=C/CC1C=C[C@H]2[C@H]3Cc4ccc(OC(C)=O)c5c4[C@@]2(CCN3C)C1O5. The molecule has 1 spiro atoms. The zero-order valence-electron chi connectivity index (χ0n) is 18.3. The number of nitrogens with zero attached hydrogens (tertiary/aromatic N) is 1.